The smallest absolute Gasteiger partial charge is 0.0223 e. The third-order valence-electron chi connectivity index (χ3n) is 3.51. The van der Waals surface area contributed by atoms with E-state index in [-0.39, 0.29) is 0 Å². The van der Waals surface area contributed by atoms with Crippen molar-refractivity contribution in [1.82, 2.24) is 10.2 Å². The lowest BCUT2D eigenvalue weighted by atomic mass is 10.1. The molecule has 1 atom stereocenters. The maximum atomic E-state index is 3.36. The molecule has 1 aliphatic rings. The number of nitrogens with one attached hydrogen (secondary N) is 1. The van der Waals surface area contributed by atoms with Crippen LogP contribution in [0.25, 0.3) is 0 Å². The molecule has 2 nitrogen and oxygen atoms in total. The summed E-state index contributed by atoms with van der Waals surface area (Å²) in [4.78, 5) is 2.78. The molecule has 0 aromatic carbocycles. The zero-order valence-electron chi connectivity index (χ0n) is 11.6. The van der Waals surface area contributed by atoms with Crippen LogP contribution in [0.3, 0.4) is 0 Å². The Labute approximate surface area is 102 Å². The first kappa shape index (κ1) is 14.0. The zero-order valence-corrected chi connectivity index (χ0v) is 11.6. The Hall–Kier alpha value is -0.0800. The molecule has 2 heteroatoms. The average molecular weight is 226 g/mol. The van der Waals surface area contributed by atoms with Crippen LogP contribution in [0.15, 0.2) is 0 Å². The first-order valence-electron chi connectivity index (χ1n) is 7.09. The molecule has 1 aliphatic carbocycles. The number of hydrogen-bond acceptors (Lipinski definition) is 2. The molecule has 0 bridgehead atoms. The SMILES string of the molecule is CCCC(CNC)N(CCC(C)C)C1CC1. The summed E-state index contributed by atoms with van der Waals surface area (Å²) in [5.74, 6) is 0.832. The minimum absolute atomic E-state index is 0.765. The molecule has 1 fully saturated rings. The van der Waals surface area contributed by atoms with Crippen LogP contribution in [0.5, 0.6) is 0 Å². The predicted octanol–water partition coefficient (Wildman–Crippen LogP) is 2.89. The van der Waals surface area contributed by atoms with Gasteiger partial charge in [0.25, 0.3) is 0 Å². The first-order chi connectivity index (χ1) is 7.69. The van der Waals surface area contributed by atoms with Crippen molar-refractivity contribution in [2.45, 2.75) is 65.0 Å². The zero-order chi connectivity index (χ0) is 12.0. The molecular formula is C14H30N2. The van der Waals surface area contributed by atoms with E-state index in [1.807, 2.05) is 0 Å². The van der Waals surface area contributed by atoms with Crippen LogP contribution in [0.2, 0.25) is 0 Å². The van der Waals surface area contributed by atoms with Gasteiger partial charge in [0.1, 0.15) is 0 Å². The lowest BCUT2D eigenvalue weighted by Crippen LogP contribution is -2.43. The fourth-order valence-electron chi connectivity index (χ4n) is 2.43. The minimum atomic E-state index is 0.765. The predicted molar refractivity (Wildman–Crippen MR) is 71.8 cm³/mol. The molecule has 0 radical (unpaired) electrons. The van der Waals surface area contributed by atoms with Crippen molar-refractivity contribution in [3.63, 3.8) is 0 Å². The molecule has 1 unspecified atom stereocenters. The maximum Gasteiger partial charge on any atom is 0.0223 e. The Balaban J connectivity index is 2.43. The van der Waals surface area contributed by atoms with Crippen molar-refractivity contribution in [2.75, 3.05) is 20.1 Å². The van der Waals surface area contributed by atoms with Gasteiger partial charge in [0.2, 0.25) is 0 Å². The van der Waals surface area contributed by atoms with Crippen molar-refractivity contribution in [1.29, 1.82) is 0 Å². The summed E-state index contributed by atoms with van der Waals surface area (Å²) < 4.78 is 0. The summed E-state index contributed by atoms with van der Waals surface area (Å²) >= 11 is 0. The van der Waals surface area contributed by atoms with Gasteiger partial charge in [-0.3, -0.25) is 4.90 Å². The summed E-state index contributed by atoms with van der Waals surface area (Å²) in [5, 5.41) is 3.36. The van der Waals surface area contributed by atoms with E-state index < -0.39 is 0 Å². The van der Waals surface area contributed by atoms with E-state index in [0.29, 0.717) is 0 Å². The quantitative estimate of drug-likeness (QED) is 0.650. The molecule has 1 N–H and O–H groups in total. The standard InChI is InChI=1S/C14H30N2/c1-5-6-14(11-15-4)16(13-7-8-13)10-9-12(2)3/h12-15H,5-11H2,1-4H3. The van der Waals surface area contributed by atoms with Crippen LogP contribution < -0.4 is 5.32 Å². The van der Waals surface area contributed by atoms with E-state index in [4.69, 9.17) is 0 Å². The summed E-state index contributed by atoms with van der Waals surface area (Å²) in [5.41, 5.74) is 0. The average Bonchev–Trinajstić information content (AvgIpc) is 3.02. The molecule has 1 rings (SSSR count). The van der Waals surface area contributed by atoms with Gasteiger partial charge >= 0.3 is 0 Å². The van der Waals surface area contributed by atoms with Crippen molar-refractivity contribution < 1.29 is 0 Å². The van der Waals surface area contributed by atoms with E-state index >= 15 is 0 Å². The monoisotopic (exact) mass is 226 g/mol. The van der Waals surface area contributed by atoms with Gasteiger partial charge in [-0.15, -0.1) is 0 Å². The fraction of sp³-hybridized carbons (Fsp3) is 1.00. The van der Waals surface area contributed by atoms with Crippen LogP contribution >= 0.6 is 0 Å². The van der Waals surface area contributed by atoms with Gasteiger partial charge in [0, 0.05) is 18.6 Å². The number of nitrogens with zero attached hydrogens (tertiary/aromatic N) is 1. The lowest BCUT2D eigenvalue weighted by Gasteiger charge is -2.32. The molecule has 16 heavy (non-hydrogen) atoms. The summed E-state index contributed by atoms with van der Waals surface area (Å²) in [6.07, 6.45) is 6.86. The number of rotatable bonds is 9. The molecule has 0 spiro atoms. The largest absolute Gasteiger partial charge is 0.318 e. The molecule has 0 amide bonds. The highest BCUT2D eigenvalue weighted by molar-refractivity contribution is 4.89. The molecule has 0 saturated heterocycles. The first-order valence-corrected chi connectivity index (χ1v) is 7.09. The van der Waals surface area contributed by atoms with Crippen molar-refractivity contribution in [3.8, 4) is 0 Å². The van der Waals surface area contributed by atoms with E-state index in [2.05, 4.69) is 38.0 Å². The second-order valence-corrected chi connectivity index (χ2v) is 5.65. The van der Waals surface area contributed by atoms with Crippen LogP contribution in [0, 0.1) is 5.92 Å². The topological polar surface area (TPSA) is 15.3 Å². The maximum absolute atomic E-state index is 3.36. The van der Waals surface area contributed by atoms with Gasteiger partial charge < -0.3 is 5.32 Å². The third-order valence-corrected chi connectivity index (χ3v) is 3.51. The molecule has 0 aromatic heterocycles. The third kappa shape index (κ3) is 4.84. The lowest BCUT2D eigenvalue weighted by molar-refractivity contribution is 0.165. The second kappa shape index (κ2) is 7.29. The summed E-state index contributed by atoms with van der Waals surface area (Å²) in [7, 11) is 2.08. The van der Waals surface area contributed by atoms with Crippen molar-refractivity contribution in [2.24, 2.45) is 5.92 Å². The normalized spacial score (nSPS) is 18.4. The Morgan fingerprint density at radius 3 is 2.38 bits per heavy atom. The Kier molecular flexibility index (Phi) is 6.37. The molecule has 0 heterocycles. The van der Waals surface area contributed by atoms with Gasteiger partial charge in [-0.1, -0.05) is 27.2 Å². The van der Waals surface area contributed by atoms with Gasteiger partial charge in [-0.25, -0.2) is 0 Å². The number of likely N-dealkylation sites (N-methyl/N-ethyl adjacent to an activating group) is 1. The molecule has 1 saturated carbocycles. The number of hydrogen-bond donors (Lipinski definition) is 1. The Bertz CT molecular complexity index is 170. The minimum Gasteiger partial charge on any atom is -0.318 e. The van der Waals surface area contributed by atoms with Gasteiger partial charge in [-0.2, -0.15) is 0 Å². The van der Waals surface area contributed by atoms with E-state index in [1.54, 1.807) is 0 Å². The van der Waals surface area contributed by atoms with E-state index in [0.717, 1.165) is 24.5 Å². The van der Waals surface area contributed by atoms with Crippen LogP contribution in [-0.2, 0) is 0 Å². The molecule has 96 valence electrons. The molecule has 0 aromatic rings. The van der Waals surface area contributed by atoms with Crippen LogP contribution in [-0.4, -0.2) is 37.1 Å². The van der Waals surface area contributed by atoms with E-state index in [9.17, 15) is 0 Å². The second-order valence-electron chi connectivity index (χ2n) is 5.65. The van der Waals surface area contributed by atoms with Crippen LogP contribution in [0.1, 0.15) is 52.9 Å². The highest BCUT2D eigenvalue weighted by atomic mass is 15.2. The summed E-state index contributed by atoms with van der Waals surface area (Å²) in [6.45, 7) is 9.42. The van der Waals surface area contributed by atoms with Gasteiger partial charge in [-0.05, 0) is 45.2 Å². The highest BCUT2D eigenvalue weighted by Crippen LogP contribution is 2.30. The van der Waals surface area contributed by atoms with Crippen molar-refractivity contribution in [3.05, 3.63) is 0 Å². The van der Waals surface area contributed by atoms with E-state index in [1.165, 1.54) is 38.6 Å². The van der Waals surface area contributed by atoms with Gasteiger partial charge in [0.05, 0.1) is 0 Å². The van der Waals surface area contributed by atoms with Gasteiger partial charge in [0.15, 0.2) is 0 Å². The Morgan fingerprint density at radius 2 is 1.94 bits per heavy atom. The summed E-state index contributed by atoms with van der Waals surface area (Å²) in [6, 6.07) is 1.67. The van der Waals surface area contributed by atoms with Crippen LogP contribution in [0.4, 0.5) is 0 Å². The Morgan fingerprint density at radius 1 is 1.25 bits per heavy atom. The highest BCUT2D eigenvalue weighted by Gasteiger charge is 2.32. The molecule has 0 aliphatic heterocycles. The molecular weight excluding hydrogens is 196 g/mol. The van der Waals surface area contributed by atoms with Crippen molar-refractivity contribution >= 4 is 0 Å². The fourth-order valence-corrected chi connectivity index (χ4v) is 2.43.